The van der Waals surface area contributed by atoms with Crippen molar-refractivity contribution in [3.8, 4) is 11.5 Å². The van der Waals surface area contributed by atoms with Crippen LogP contribution in [0.2, 0.25) is 0 Å². The van der Waals surface area contributed by atoms with E-state index in [0.717, 1.165) is 42.3 Å². The molecule has 0 spiro atoms. The Morgan fingerprint density at radius 3 is 2.77 bits per heavy atom. The summed E-state index contributed by atoms with van der Waals surface area (Å²) in [5, 5.41) is 6.72. The highest BCUT2D eigenvalue weighted by Gasteiger charge is 2.34. The Balaban J connectivity index is 1.60. The third-order valence-corrected chi connectivity index (χ3v) is 4.96. The number of likely N-dealkylation sites (tertiary alicyclic amines) is 1. The number of nitrogens with zero attached hydrogens (tertiary/aromatic N) is 2. The van der Waals surface area contributed by atoms with E-state index in [4.69, 9.17) is 14.5 Å². The highest BCUT2D eigenvalue weighted by atomic mass is 16.5. The molecule has 6 nitrogen and oxygen atoms in total. The Bertz CT molecular complexity index is 616. The summed E-state index contributed by atoms with van der Waals surface area (Å²) in [6.07, 6.45) is 4.04. The third kappa shape index (κ3) is 5.04. The van der Waals surface area contributed by atoms with Crippen molar-refractivity contribution in [2.24, 2.45) is 10.9 Å². The molecule has 1 heterocycles. The van der Waals surface area contributed by atoms with Gasteiger partial charge in [-0.25, -0.2) is 0 Å². The summed E-state index contributed by atoms with van der Waals surface area (Å²) < 4.78 is 11.0. The fourth-order valence-electron chi connectivity index (χ4n) is 3.47. The number of nitrogens with one attached hydrogen (secondary N) is 2. The summed E-state index contributed by atoms with van der Waals surface area (Å²) in [6, 6.07) is 6.73. The monoisotopic (exact) mass is 360 g/mol. The van der Waals surface area contributed by atoms with E-state index in [1.165, 1.54) is 32.4 Å². The lowest BCUT2D eigenvalue weighted by Gasteiger charge is -2.16. The van der Waals surface area contributed by atoms with Crippen LogP contribution in [0.5, 0.6) is 11.5 Å². The van der Waals surface area contributed by atoms with Crippen molar-refractivity contribution in [2.75, 3.05) is 45.2 Å². The van der Waals surface area contributed by atoms with E-state index in [0.29, 0.717) is 12.5 Å². The zero-order valence-corrected chi connectivity index (χ0v) is 16.3. The lowest BCUT2D eigenvalue weighted by atomic mass is 10.1. The summed E-state index contributed by atoms with van der Waals surface area (Å²) >= 11 is 0. The van der Waals surface area contributed by atoms with Gasteiger partial charge in [0.25, 0.3) is 0 Å². The maximum Gasteiger partial charge on any atom is 0.195 e. The number of methoxy groups -OCH3 is 1. The molecule has 2 fully saturated rings. The van der Waals surface area contributed by atoms with Gasteiger partial charge in [-0.05, 0) is 57.7 Å². The molecule has 1 atom stereocenters. The van der Waals surface area contributed by atoms with Gasteiger partial charge in [0.15, 0.2) is 17.5 Å². The van der Waals surface area contributed by atoms with Gasteiger partial charge in [-0.3, -0.25) is 4.99 Å². The Labute approximate surface area is 157 Å². The molecule has 0 aromatic heterocycles. The maximum atomic E-state index is 5.58. The van der Waals surface area contributed by atoms with Crippen LogP contribution in [0.15, 0.2) is 23.2 Å². The van der Waals surface area contributed by atoms with Gasteiger partial charge in [-0.2, -0.15) is 0 Å². The maximum absolute atomic E-state index is 5.58. The van der Waals surface area contributed by atoms with Crippen LogP contribution in [0.3, 0.4) is 0 Å². The normalized spacial score (nSPS) is 20.9. The minimum absolute atomic E-state index is 0.618. The standard InChI is InChI=1S/C20H32N4O2/c1-4-21-20(22-13-15-10-11-24(14-15)17-7-8-17)23-16-6-9-18(26-5-2)19(12-16)25-3/h6,9,12,15,17H,4-5,7-8,10-11,13-14H2,1-3H3,(H2,21,22,23). The molecule has 1 aliphatic heterocycles. The number of ether oxygens (including phenoxy) is 2. The van der Waals surface area contributed by atoms with Gasteiger partial charge in [-0.15, -0.1) is 0 Å². The molecule has 26 heavy (non-hydrogen) atoms. The van der Waals surface area contributed by atoms with E-state index in [2.05, 4.69) is 22.5 Å². The Morgan fingerprint density at radius 1 is 1.23 bits per heavy atom. The molecule has 1 unspecified atom stereocenters. The van der Waals surface area contributed by atoms with E-state index < -0.39 is 0 Å². The average Bonchev–Trinajstić information content (AvgIpc) is 3.39. The van der Waals surface area contributed by atoms with Gasteiger partial charge < -0.3 is 25.0 Å². The van der Waals surface area contributed by atoms with Crippen LogP contribution in [0, 0.1) is 5.92 Å². The molecule has 2 aliphatic rings. The van der Waals surface area contributed by atoms with Crippen LogP contribution in [-0.2, 0) is 0 Å². The summed E-state index contributed by atoms with van der Waals surface area (Å²) in [5.74, 6) is 2.97. The van der Waals surface area contributed by atoms with E-state index in [9.17, 15) is 0 Å². The lowest BCUT2D eigenvalue weighted by molar-refractivity contribution is 0.311. The Kier molecular flexibility index (Phi) is 6.61. The molecule has 3 rings (SSSR count). The van der Waals surface area contributed by atoms with Crippen LogP contribution in [-0.4, -0.2) is 56.8 Å². The molecule has 1 aliphatic carbocycles. The van der Waals surface area contributed by atoms with Crippen molar-refractivity contribution in [2.45, 2.75) is 39.2 Å². The molecule has 0 amide bonds. The molecule has 144 valence electrons. The van der Waals surface area contributed by atoms with Gasteiger partial charge in [0.05, 0.1) is 13.7 Å². The topological polar surface area (TPSA) is 58.1 Å². The average molecular weight is 361 g/mol. The molecule has 6 heteroatoms. The van der Waals surface area contributed by atoms with Crippen LogP contribution in [0.25, 0.3) is 0 Å². The van der Waals surface area contributed by atoms with Gasteiger partial charge >= 0.3 is 0 Å². The Hall–Kier alpha value is -1.95. The first kappa shape index (κ1) is 18.8. The molecule has 1 aromatic rings. The second-order valence-electron chi connectivity index (χ2n) is 7.02. The summed E-state index contributed by atoms with van der Waals surface area (Å²) in [4.78, 5) is 7.45. The smallest absolute Gasteiger partial charge is 0.195 e. The molecule has 1 saturated carbocycles. The molecule has 0 radical (unpaired) electrons. The van der Waals surface area contributed by atoms with Crippen molar-refractivity contribution in [3.05, 3.63) is 18.2 Å². The largest absolute Gasteiger partial charge is 0.493 e. The van der Waals surface area contributed by atoms with Gasteiger partial charge in [-0.1, -0.05) is 0 Å². The van der Waals surface area contributed by atoms with Crippen molar-refractivity contribution in [1.29, 1.82) is 0 Å². The summed E-state index contributed by atoms with van der Waals surface area (Å²) in [5.41, 5.74) is 0.941. The fourth-order valence-corrected chi connectivity index (χ4v) is 3.47. The number of anilines is 1. The second kappa shape index (κ2) is 9.12. The predicted octanol–water partition coefficient (Wildman–Crippen LogP) is 2.96. The predicted molar refractivity (Wildman–Crippen MR) is 106 cm³/mol. The number of hydrogen-bond donors (Lipinski definition) is 2. The Morgan fingerprint density at radius 2 is 2.08 bits per heavy atom. The summed E-state index contributed by atoms with van der Waals surface area (Å²) in [6.45, 7) is 8.81. The first-order valence-electron chi connectivity index (χ1n) is 9.83. The first-order chi connectivity index (χ1) is 12.7. The number of benzene rings is 1. The molecule has 0 bridgehead atoms. The molecule has 1 saturated heterocycles. The summed E-state index contributed by atoms with van der Waals surface area (Å²) in [7, 11) is 1.66. The molecular weight excluding hydrogens is 328 g/mol. The zero-order valence-electron chi connectivity index (χ0n) is 16.3. The van der Waals surface area contributed by atoms with Crippen LogP contribution >= 0.6 is 0 Å². The fraction of sp³-hybridized carbons (Fsp3) is 0.650. The minimum Gasteiger partial charge on any atom is -0.493 e. The van der Waals surface area contributed by atoms with Crippen molar-refractivity contribution < 1.29 is 9.47 Å². The SMILES string of the molecule is CCNC(=NCC1CCN(C2CC2)C1)Nc1ccc(OCC)c(OC)c1. The third-order valence-electron chi connectivity index (χ3n) is 4.96. The molecular formula is C20H32N4O2. The van der Waals surface area contributed by atoms with Crippen molar-refractivity contribution >= 4 is 11.6 Å². The zero-order chi connectivity index (χ0) is 18.4. The van der Waals surface area contributed by atoms with Gasteiger partial charge in [0.1, 0.15) is 0 Å². The van der Waals surface area contributed by atoms with Gasteiger partial charge in [0.2, 0.25) is 0 Å². The van der Waals surface area contributed by atoms with Crippen LogP contribution < -0.4 is 20.1 Å². The van der Waals surface area contributed by atoms with Crippen molar-refractivity contribution in [3.63, 3.8) is 0 Å². The number of guanidine groups is 1. The van der Waals surface area contributed by atoms with E-state index in [1.807, 2.05) is 25.1 Å². The quantitative estimate of drug-likeness (QED) is 0.551. The number of rotatable bonds is 8. The van der Waals surface area contributed by atoms with Crippen molar-refractivity contribution in [1.82, 2.24) is 10.2 Å². The first-order valence-corrected chi connectivity index (χ1v) is 9.83. The van der Waals surface area contributed by atoms with Crippen LogP contribution in [0.4, 0.5) is 5.69 Å². The second-order valence-corrected chi connectivity index (χ2v) is 7.02. The highest BCUT2D eigenvalue weighted by molar-refractivity contribution is 5.93. The number of hydrogen-bond acceptors (Lipinski definition) is 4. The van der Waals surface area contributed by atoms with E-state index in [1.54, 1.807) is 7.11 Å². The van der Waals surface area contributed by atoms with E-state index >= 15 is 0 Å². The van der Waals surface area contributed by atoms with Crippen LogP contribution in [0.1, 0.15) is 33.1 Å². The van der Waals surface area contributed by atoms with E-state index in [-0.39, 0.29) is 0 Å². The lowest BCUT2D eigenvalue weighted by Crippen LogP contribution is -2.31. The molecule has 1 aromatic carbocycles. The molecule has 2 N–H and O–H groups in total. The van der Waals surface area contributed by atoms with Gasteiger partial charge in [0, 0.05) is 37.4 Å². The highest BCUT2D eigenvalue weighted by Crippen LogP contribution is 2.32. The minimum atomic E-state index is 0.618. The number of aliphatic imine (C=N–C) groups is 1.